The van der Waals surface area contributed by atoms with Gasteiger partial charge in [-0.1, -0.05) is 170 Å². The van der Waals surface area contributed by atoms with E-state index in [-0.39, 0.29) is 0 Å². The zero-order valence-corrected chi connectivity index (χ0v) is 30.0. The molecule has 2 heterocycles. The van der Waals surface area contributed by atoms with Crippen LogP contribution in [-0.2, 0) is 0 Å². The van der Waals surface area contributed by atoms with E-state index in [2.05, 4.69) is 29.1 Å². The van der Waals surface area contributed by atoms with E-state index in [9.17, 15) is 0 Å². The van der Waals surface area contributed by atoms with Crippen LogP contribution in [0.5, 0.6) is 0 Å². The molecule has 2 aromatic heterocycles. The topological polar surface area (TPSA) is 81.7 Å². The van der Waals surface area contributed by atoms with E-state index in [0.29, 0.717) is 40.6 Å². The molecule has 7 heteroatoms. The van der Waals surface area contributed by atoms with Gasteiger partial charge in [0.05, 0.1) is 6.57 Å². The van der Waals surface area contributed by atoms with Gasteiger partial charge in [0, 0.05) is 33.4 Å². The smallest absolute Gasteiger partial charge is 0.187 e. The molecule has 0 aliphatic carbocycles. The molecular formula is C49H31N7. The van der Waals surface area contributed by atoms with Crippen molar-refractivity contribution in [2.45, 2.75) is 0 Å². The first kappa shape index (κ1) is 33.9. The molecule has 9 rings (SSSR count). The highest BCUT2D eigenvalue weighted by Gasteiger charge is 2.21. The molecule has 262 valence electrons. The van der Waals surface area contributed by atoms with E-state index < -0.39 is 0 Å². The highest BCUT2D eigenvalue weighted by molar-refractivity contribution is 5.92. The maximum Gasteiger partial charge on any atom is 0.187 e. The fourth-order valence-electron chi connectivity index (χ4n) is 6.67. The van der Waals surface area contributed by atoms with Crippen LogP contribution in [0.4, 0.5) is 5.69 Å². The Balaban J connectivity index is 1.30. The lowest BCUT2D eigenvalue weighted by molar-refractivity contribution is 1.07. The Hall–Kier alpha value is -7.95. The maximum atomic E-state index is 7.67. The summed E-state index contributed by atoms with van der Waals surface area (Å²) >= 11 is 0. The van der Waals surface area contributed by atoms with E-state index in [1.165, 1.54) is 0 Å². The molecule has 0 aliphatic heterocycles. The number of hydrogen-bond acceptors (Lipinski definition) is 6. The largest absolute Gasteiger partial charge is 0.238 e. The minimum absolute atomic E-state index is 0.523. The van der Waals surface area contributed by atoms with Crippen LogP contribution in [0.3, 0.4) is 0 Å². The van der Waals surface area contributed by atoms with Gasteiger partial charge >= 0.3 is 0 Å². The second-order valence-corrected chi connectivity index (χ2v) is 13.0. The zero-order valence-electron chi connectivity index (χ0n) is 30.0. The molecular weight excluding hydrogens is 687 g/mol. The Bertz CT molecular complexity index is 2740. The normalized spacial score (nSPS) is 10.8. The summed E-state index contributed by atoms with van der Waals surface area (Å²) in [6.07, 6.45) is 0. The number of benzene rings is 7. The van der Waals surface area contributed by atoms with Gasteiger partial charge in [0.15, 0.2) is 40.6 Å². The van der Waals surface area contributed by atoms with Gasteiger partial charge in [-0.15, -0.1) is 0 Å². The van der Waals surface area contributed by atoms with Crippen LogP contribution in [0.15, 0.2) is 188 Å². The van der Waals surface area contributed by atoms with E-state index in [1.54, 1.807) is 0 Å². The van der Waals surface area contributed by atoms with Crippen molar-refractivity contribution in [3.63, 3.8) is 0 Å². The summed E-state index contributed by atoms with van der Waals surface area (Å²) in [4.78, 5) is 34.0. The average Bonchev–Trinajstić information content (AvgIpc) is 3.29. The fraction of sp³-hybridized carbons (Fsp3) is 0. The van der Waals surface area contributed by atoms with E-state index in [1.807, 2.05) is 164 Å². The first-order chi connectivity index (χ1) is 27.7. The van der Waals surface area contributed by atoms with Gasteiger partial charge in [-0.05, 0) is 40.5 Å². The molecule has 0 radical (unpaired) electrons. The molecule has 0 fully saturated rings. The highest BCUT2D eigenvalue weighted by Crippen LogP contribution is 2.40. The fourth-order valence-corrected chi connectivity index (χ4v) is 6.67. The van der Waals surface area contributed by atoms with Gasteiger partial charge in [-0.25, -0.2) is 34.7 Å². The maximum absolute atomic E-state index is 7.67. The Morgan fingerprint density at radius 3 is 1.07 bits per heavy atom. The summed E-state index contributed by atoms with van der Waals surface area (Å²) in [5.41, 5.74) is 9.36. The molecule has 7 aromatic carbocycles. The molecule has 0 saturated carbocycles. The lowest BCUT2D eigenvalue weighted by atomic mass is 9.91. The van der Waals surface area contributed by atoms with Gasteiger partial charge in [0.2, 0.25) is 0 Å². The number of rotatable bonds is 8. The second kappa shape index (κ2) is 15.2. The summed E-state index contributed by atoms with van der Waals surface area (Å²) < 4.78 is 0. The standard InChI is InChI=1S/C49H31N7/c1-50-39-26-16-25-37(31-39)38-29-30-42(49-55-46(35-21-10-4-11-22-35)52-47(56-49)36-23-12-5-13-24-36)43(32-38)40-27-14-15-28-41(40)48-53-44(33-17-6-2-7-18-33)51-45(54-48)34-19-8-3-9-20-34/h2-32H. The minimum Gasteiger partial charge on any atom is -0.238 e. The van der Waals surface area contributed by atoms with Gasteiger partial charge in [-0.2, -0.15) is 0 Å². The van der Waals surface area contributed by atoms with Crippen LogP contribution in [0, 0.1) is 6.57 Å². The van der Waals surface area contributed by atoms with Crippen molar-refractivity contribution in [3.8, 4) is 90.6 Å². The summed E-state index contributed by atoms with van der Waals surface area (Å²) in [5, 5.41) is 0. The number of hydrogen-bond donors (Lipinski definition) is 0. The van der Waals surface area contributed by atoms with Gasteiger partial charge < -0.3 is 0 Å². The monoisotopic (exact) mass is 717 g/mol. The second-order valence-electron chi connectivity index (χ2n) is 13.0. The molecule has 0 N–H and O–H groups in total. The van der Waals surface area contributed by atoms with Crippen molar-refractivity contribution in [1.82, 2.24) is 29.9 Å². The quantitative estimate of drug-likeness (QED) is 0.146. The van der Waals surface area contributed by atoms with Crippen molar-refractivity contribution in [3.05, 3.63) is 199 Å². The van der Waals surface area contributed by atoms with Crippen LogP contribution in [-0.4, -0.2) is 29.9 Å². The van der Waals surface area contributed by atoms with Crippen molar-refractivity contribution >= 4 is 5.69 Å². The Morgan fingerprint density at radius 1 is 0.268 bits per heavy atom. The van der Waals surface area contributed by atoms with Crippen LogP contribution in [0.1, 0.15) is 0 Å². The molecule has 0 bridgehead atoms. The Labute approximate surface area is 324 Å². The summed E-state index contributed by atoms with van der Waals surface area (Å²) in [5.74, 6) is 3.35. The molecule has 0 atom stereocenters. The summed E-state index contributed by atoms with van der Waals surface area (Å²) in [6, 6.07) is 61.9. The lowest BCUT2D eigenvalue weighted by Crippen LogP contribution is -2.03. The van der Waals surface area contributed by atoms with Crippen LogP contribution in [0.25, 0.3) is 95.4 Å². The van der Waals surface area contributed by atoms with E-state index in [0.717, 1.165) is 55.6 Å². The summed E-state index contributed by atoms with van der Waals surface area (Å²) in [6.45, 7) is 7.67. The Morgan fingerprint density at radius 2 is 0.625 bits per heavy atom. The molecule has 9 aromatic rings. The van der Waals surface area contributed by atoms with Crippen molar-refractivity contribution in [1.29, 1.82) is 0 Å². The molecule has 0 saturated heterocycles. The summed E-state index contributed by atoms with van der Waals surface area (Å²) in [7, 11) is 0. The van der Waals surface area contributed by atoms with Gasteiger partial charge in [0.1, 0.15) is 0 Å². The first-order valence-corrected chi connectivity index (χ1v) is 18.2. The zero-order chi connectivity index (χ0) is 37.7. The van der Waals surface area contributed by atoms with E-state index >= 15 is 0 Å². The van der Waals surface area contributed by atoms with Crippen molar-refractivity contribution < 1.29 is 0 Å². The third kappa shape index (κ3) is 6.94. The molecule has 0 amide bonds. The van der Waals surface area contributed by atoms with Crippen LogP contribution in [0.2, 0.25) is 0 Å². The molecule has 7 nitrogen and oxygen atoms in total. The average molecular weight is 718 g/mol. The number of aromatic nitrogens is 6. The van der Waals surface area contributed by atoms with E-state index in [4.69, 9.17) is 36.5 Å². The third-order valence-corrected chi connectivity index (χ3v) is 9.43. The van der Waals surface area contributed by atoms with Crippen molar-refractivity contribution in [2.75, 3.05) is 0 Å². The van der Waals surface area contributed by atoms with Gasteiger partial charge in [0.25, 0.3) is 0 Å². The predicted octanol–water partition coefficient (Wildman–Crippen LogP) is 11.9. The first-order valence-electron chi connectivity index (χ1n) is 18.2. The van der Waals surface area contributed by atoms with Gasteiger partial charge in [-0.3, -0.25) is 0 Å². The predicted molar refractivity (Wildman–Crippen MR) is 223 cm³/mol. The van der Waals surface area contributed by atoms with Crippen LogP contribution >= 0.6 is 0 Å². The molecule has 0 spiro atoms. The SMILES string of the molecule is [C-]#[N+]c1cccc(-c2ccc(-c3nc(-c4ccccc4)nc(-c4ccccc4)n3)c(-c3ccccc3-c3nc(-c4ccccc4)nc(-c4ccccc4)n3)c2)c1. The highest BCUT2D eigenvalue weighted by atomic mass is 15.0. The molecule has 0 unspecified atom stereocenters. The van der Waals surface area contributed by atoms with Crippen molar-refractivity contribution in [2.24, 2.45) is 0 Å². The number of nitrogens with zero attached hydrogens (tertiary/aromatic N) is 7. The molecule has 0 aliphatic rings. The third-order valence-electron chi connectivity index (χ3n) is 9.43. The van der Waals surface area contributed by atoms with Crippen LogP contribution < -0.4 is 0 Å². The lowest BCUT2D eigenvalue weighted by Gasteiger charge is -2.17. The minimum atomic E-state index is 0.523. The Kier molecular flexibility index (Phi) is 9.18. The molecule has 56 heavy (non-hydrogen) atoms.